The number of hydrogen-bond donors (Lipinski definition) is 4. The summed E-state index contributed by atoms with van der Waals surface area (Å²) in [4.78, 5) is 53.9. The number of ether oxygens (including phenoxy) is 4. The van der Waals surface area contributed by atoms with Crippen molar-refractivity contribution in [2.45, 2.75) is 90.8 Å². The smallest absolute Gasteiger partial charge is 0.246 e. The van der Waals surface area contributed by atoms with Crippen LogP contribution in [0.3, 0.4) is 0 Å². The Balaban J connectivity index is 0.753. The topological polar surface area (TPSA) is 209 Å². The summed E-state index contributed by atoms with van der Waals surface area (Å²) in [5, 5.41) is 21.1. The average Bonchev–Trinajstić information content (AvgIpc) is 4.13. The summed E-state index contributed by atoms with van der Waals surface area (Å²) in [5.41, 5.74) is 12.1. The summed E-state index contributed by atoms with van der Waals surface area (Å²) in [7, 11) is 0. The molecular formula is C51H64Cl2FN9O8S. The molecule has 0 saturated carbocycles. The number of anilines is 1. The first-order valence-electron chi connectivity index (χ1n) is 24.1. The van der Waals surface area contributed by atoms with Crippen molar-refractivity contribution in [2.24, 2.45) is 5.41 Å². The number of hydrogen-bond acceptors (Lipinski definition) is 14. The number of likely N-dealkylation sites (tertiary alicyclic amines) is 2. The molecule has 72 heavy (non-hydrogen) atoms. The van der Waals surface area contributed by atoms with Crippen LogP contribution in [0.5, 0.6) is 5.75 Å². The zero-order valence-corrected chi connectivity index (χ0v) is 43.6. The highest BCUT2D eigenvalue weighted by atomic mass is 35.5. The van der Waals surface area contributed by atoms with E-state index in [1.165, 1.54) is 17.0 Å². The number of nitrogens with one attached hydrogen (secondary N) is 2. The van der Waals surface area contributed by atoms with Crippen molar-refractivity contribution >= 4 is 58.1 Å². The standard InChI is InChI=1S/C51H64Cl2FN9O8S/c1-31-46(72-30-58-31)34-8-6-33(7-9-34)24-57-49(66)41-23-38(64)28-62(41)50(67)47(51(3,4)5)60-43(65)29-70-21-20-69-19-18-68-17-16-61-14-12-37(13-15-61)63-27-36(26-59-63)35-22-42(48(55)56-25-35)71-32(2)44-39(52)10-11-40(54)45(44)53/h6-11,22,25-27,30,32,37-38,41,47,64H,12-21,23-24,28-29H2,1-5H3,(H2,55,56)(H,57,66)(H,60,65)/t32-,38-,41+,47-/m1/s1. The number of piperidine rings is 1. The number of halogens is 3. The molecule has 2 saturated heterocycles. The first-order valence-corrected chi connectivity index (χ1v) is 25.7. The van der Waals surface area contributed by atoms with Crippen molar-refractivity contribution in [1.82, 2.24) is 40.2 Å². The monoisotopic (exact) mass is 1050 g/mol. The Morgan fingerprint density at radius 2 is 1.67 bits per heavy atom. The molecule has 2 aromatic carbocycles. The third-order valence-corrected chi connectivity index (χ3v) is 14.5. The van der Waals surface area contributed by atoms with Crippen molar-refractivity contribution in [3.05, 3.63) is 99.2 Å². The second kappa shape index (κ2) is 25.1. The van der Waals surface area contributed by atoms with Crippen LogP contribution in [0.1, 0.15) is 75.9 Å². The molecule has 0 unspecified atom stereocenters. The van der Waals surface area contributed by atoms with Crippen molar-refractivity contribution in [3.63, 3.8) is 0 Å². The van der Waals surface area contributed by atoms with Crippen molar-refractivity contribution in [3.8, 4) is 27.3 Å². The van der Waals surface area contributed by atoms with Gasteiger partial charge in [-0.1, -0.05) is 68.2 Å². The normalized spacial score (nSPS) is 17.5. The second-order valence-corrected chi connectivity index (χ2v) is 20.8. The molecule has 4 atom stereocenters. The van der Waals surface area contributed by atoms with Crippen molar-refractivity contribution in [1.29, 1.82) is 0 Å². The molecule has 21 heteroatoms. The van der Waals surface area contributed by atoms with E-state index in [0.29, 0.717) is 31.1 Å². The van der Waals surface area contributed by atoms with Crippen LogP contribution in [0.25, 0.3) is 21.6 Å². The number of nitrogens with two attached hydrogens (primary N) is 1. The zero-order chi connectivity index (χ0) is 51.5. The van der Waals surface area contributed by atoms with Crippen molar-refractivity contribution in [2.75, 3.05) is 71.6 Å². The van der Waals surface area contributed by atoms with Gasteiger partial charge in [0.05, 0.1) is 72.5 Å². The van der Waals surface area contributed by atoms with Crippen LogP contribution in [-0.2, 0) is 35.1 Å². The summed E-state index contributed by atoms with van der Waals surface area (Å²) < 4.78 is 39.3. The highest BCUT2D eigenvalue weighted by molar-refractivity contribution is 7.13. The summed E-state index contributed by atoms with van der Waals surface area (Å²) in [6.45, 7) is 13.4. The van der Waals surface area contributed by atoms with Gasteiger partial charge in [0.15, 0.2) is 11.6 Å². The predicted octanol–water partition coefficient (Wildman–Crippen LogP) is 7.04. The number of amides is 3. The number of β-amino-alcohol motifs (C(OH)–C–C–N with tert-alkyl or cyclic N) is 1. The average molecular weight is 1050 g/mol. The second-order valence-electron chi connectivity index (χ2n) is 19.1. The number of benzene rings is 2. The van der Waals surface area contributed by atoms with Gasteiger partial charge in [0.25, 0.3) is 0 Å². The van der Waals surface area contributed by atoms with Crippen LogP contribution in [-0.4, -0.2) is 136 Å². The minimum absolute atomic E-state index is 0.0186. The highest BCUT2D eigenvalue weighted by Crippen LogP contribution is 2.37. The molecule has 5 heterocycles. The number of aryl methyl sites for hydroxylation is 1. The lowest BCUT2D eigenvalue weighted by Gasteiger charge is -2.35. The number of aliphatic hydroxyl groups is 1. The van der Waals surface area contributed by atoms with E-state index in [-0.39, 0.29) is 67.1 Å². The van der Waals surface area contributed by atoms with Gasteiger partial charge in [-0.05, 0) is 61.4 Å². The number of pyridine rings is 1. The maximum atomic E-state index is 14.2. The van der Waals surface area contributed by atoms with Gasteiger partial charge in [0.2, 0.25) is 17.7 Å². The van der Waals surface area contributed by atoms with Gasteiger partial charge in [-0.25, -0.2) is 14.4 Å². The highest BCUT2D eigenvalue weighted by Gasteiger charge is 2.44. The third kappa shape index (κ3) is 14.3. The Kier molecular flexibility index (Phi) is 19.0. The molecule has 17 nitrogen and oxygen atoms in total. The maximum Gasteiger partial charge on any atom is 0.246 e. The van der Waals surface area contributed by atoms with Crippen LogP contribution in [0.2, 0.25) is 10.0 Å². The van der Waals surface area contributed by atoms with E-state index in [0.717, 1.165) is 65.3 Å². The quantitative estimate of drug-likeness (QED) is 0.0406. The lowest BCUT2D eigenvalue weighted by atomic mass is 9.85. The van der Waals surface area contributed by atoms with E-state index in [1.807, 2.05) is 68.3 Å². The van der Waals surface area contributed by atoms with Gasteiger partial charge in [0.1, 0.15) is 30.6 Å². The molecule has 3 amide bonds. The SMILES string of the molecule is Cc1ncsc1-c1ccc(CNC(=O)[C@@H]2C[C@@H](O)CN2C(=O)[C@@H](NC(=O)COCCOCCOCCN2CCC(n3cc(-c4cnc(N)c(O[C@H](C)c5c(Cl)ccc(F)c5Cl)c4)cn3)CC2)C(C)(C)C)cc1. The largest absolute Gasteiger partial charge is 0.482 e. The molecule has 0 bridgehead atoms. The van der Waals surface area contributed by atoms with Crippen LogP contribution < -0.4 is 21.1 Å². The third-order valence-electron chi connectivity index (χ3n) is 12.8. The van der Waals surface area contributed by atoms with Crippen LogP contribution in [0.4, 0.5) is 10.2 Å². The van der Waals surface area contributed by atoms with Crippen LogP contribution in [0.15, 0.2) is 66.6 Å². The van der Waals surface area contributed by atoms with Crippen LogP contribution >= 0.6 is 34.5 Å². The number of carbonyl (C=O) groups excluding carboxylic acids is 3. The number of aromatic nitrogens is 4. The molecule has 2 fully saturated rings. The van der Waals surface area contributed by atoms with E-state index in [9.17, 15) is 23.9 Å². The fourth-order valence-electron chi connectivity index (χ4n) is 8.75. The molecule has 2 aliphatic rings. The van der Waals surface area contributed by atoms with Gasteiger partial charge < -0.3 is 50.2 Å². The van der Waals surface area contributed by atoms with E-state index >= 15 is 0 Å². The first kappa shape index (κ1) is 54.5. The number of rotatable bonds is 22. The number of aliphatic hydroxyl groups excluding tert-OH is 1. The van der Waals surface area contributed by atoms with E-state index in [2.05, 4.69) is 30.6 Å². The summed E-state index contributed by atoms with van der Waals surface area (Å²) >= 11 is 14.1. The molecule has 2 aliphatic heterocycles. The minimum Gasteiger partial charge on any atom is -0.482 e. The lowest BCUT2D eigenvalue weighted by Crippen LogP contribution is -2.58. The molecule has 0 spiro atoms. The predicted molar refractivity (Wildman–Crippen MR) is 274 cm³/mol. The Morgan fingerprint density at radius 1 is 0.958 bits per heavy atom. The molecular weight excluding hydrogens is 989 g/mol. The maximum absolute atomic E-state index is 14.2. The summed E-state index contributed by atoms with van der Waals surface area (Å²) in [6.07, 6.45) is 5.81. The Labute approximate surface area is 433 Å². The van der Waals surface area contributed by atoms with Gasteiger partial charge in [-0.15, -0.1) is 11.3 Å². The summed E-state index contributed by atoms with van der Waals surface area (Å²) in [6, 6.07) is 10.7. The summed E-state index contributed by atoms with van der Waals surface area (Å²) in [5.74, 6) is -1.40. The number of nitrogens with zero attached hydrogens (tertiary/aromatic N) is 6. The number of nitrogen functional groups attached to an aromatic ring is 1. The van der Waals surface area contributed by atoms with Gasteiger partial charge in [-0.3, -0.25) is 19.1 Å². The van der Waals surface area contributed by atoms with E-state index in [4.69, 9.17) is 47.9 Å². The number of carbonyl (C=O) groups is 3. The Hall–Kier alpha value is -5.25. The molecule has 0 aliphatic carbocycles. The lowest BCUT2D eigenvalue weighted by molar-refractivity contribution is -0.144. The van der Waals surface area contributed by atoms with E-state index < -0.39 is 47.3 Å². The number of thiazole rings is 1. The fraction of sp³-hybridized carbons (Fsp3) is 0.490. The van der Waals surface area contributed by atoms with Gasteiger partial charge >= 0.3 is 0 Å². The Morgan fingerprint density at radius 3 is 2.36 bits per heavy atom. The molecule has 7 rings (SSSR count). The minimum atomic E-state index is -0.967. The Bertz CT molecular complexity index is 2620. The van der Waals surface area contributed by atoms with Crippen molar-refractivity contribution < 1.29 is 42.8 Å². The molecule has 388 valence electrons. The molecule has 3 aromatic heterocycles. The zero-order valence-electron chi connectivity index (χ0n) is 41.2. The first-order chi connectivity index (χ1) is 34.5. The molecule has 5 N–H and O–H groups in total. The van der Waals surface area contributed by atoms with E-state index in [1.54, 1.807) is 36.7 Å². The van der Waals surface area contributed by atoms with Gasteiger partial charge in [0, 0.05) is 73.3 Å². The fourth-order valence-corrected chi connectivity index (χ4v) is 10.2. The molecule has 0 radical (unpaired) electrons. The molecule has 5 aromatic rings. The van der Waals surface area contributed by atoms with Crippen LogP contribution in [0, 0.1) is 18.2 Å². The van der Waals surface area contributed by atoms with Gasteiger partial charge in [-0.2, -0.15) is 5.10 Å².